The predicted molar refractivity (Wildman–Crippen MR) is 94.1 cm³/mol. The lowest BCUT2D eigenvalue weighted by Crippen LogP contribution is -2.22. The minimum Gasteiger partial charge on any atom is -0.488 e. The Morgan fingerprint density at radius 2 is 2.05 bits per heavy atom. The van der Waals surface area contributed by atoms with Crippen molar-refractivity contribution in [1.29, 1.82) is 0 Å². The highest BCUT2D eigenvalue weighted by Crippen LogP contribution is 2.29. The van der Waals surface area contributed by atoms with E-state index >= 15 is 0 Å². The molecule has 2 rings (SSSR count). The SMILES string of the molecule is CCCNC(CC)c1ccccc1OCc1sccc1Br. The van der Waals surface area contributed by atoms with Gasteiger partial charge in [-0.2, -0.15) is 0 Å². The largest absolute Gasteiger partial charge is 0.488 e. The first-order valence-corrected chi connectivity index (χ1v) is 9.10. The first kappa shape index (κ1) is 16.5. The molecule has 1 aromatic heterocycles. The highest BCUT2D eigenvalue weighted by atomic mass is 79.9. The van der Waals surface area contributed by atoms with Crippen LogP contribution >= 0.6 is 27.3 Å². The molecule has 0 fully saturated rings. The highest BCUT2D eigenvalue weighted by molar-refractivity contribution is 9.10. The van der Waals surface area contributed by atoms with Gasteiger partial charge >= 0.3 is 0 Å². The number of halogens is 1. The summed E-state index contributed by atoms with van der Waals surface area (Å²) in [4.78, 5) is 1.22. The fourth-order valence-electron chi connectivity index (χ4n) is 2.26. The van der Waals surface area contributed by atoms with Gasteiger partial charge in [-0.05, 0) is 52.8 Å². The van der Waals surface area contributed by atoms with Crippen molar-refractivity contribution in [1.82, 2.24) is 5.32 Å². The average molecular weight is 368 g/mol. The van der Waals surface area contributed by atoms with Gasteiger partial charge < -0.3 is 10.1 Å². The standard InChI is InChI=1S/C17H22BrNOS/c1-3-10-19-15(4-2)13-7-5-6-8-16(13)20-12-17-14(18)9-11-21-17/h5-9,11,15,19H,3-4,10,12H2,1-2H3. The molecule has 21 heavy (non-hydrogen) atoms. The Morgan fingerprint density at radius 3 is 2.71 bits per heavy atom. The summed E-state index contributed by atoms with van der Waals surface area (Å²) in [6, 6.07) is 10.8. The second-order valence-electron chi connectivity index (χ2n) is 4.93. The zero-order chi connectivity index (χ0) is 15.1. The van der Waals surface area contributed by atoms with Crippen LogP contribution in [0.15, 0.2) is 40.2 Å². The third kappa shape index (κ3) is 4.56. The molecule has 0 saturated carbocycles. The van der Waals surface area contributed by atoms with Gasteiger partial charge in [-0.25, -0.2) is 0 Å². The van der Waals surface area contributed by atoms with E-state index < -0.39 is 0 Å². The predicted octanol–water partition coefficient (Wildman–Crippen LogP) is 5.54. The van der Waals surface area contributed by atoms with Crippen LogP contribution < -0.4 is 10.1 Å². The zero-order valence-corrected chi connectivity index (χ0v) is 15.0. The van der Waals surface area contributed by atoms with Crippen molar-refractivity contribution < 1.29 is 4.74 Å². The van der Waals surface area contributed by atoms with Gasteiger partial charge in [0.1, 0.15) is 12.4 Å². The van der Waals surface area contributed by atoms with Crippen molar-refractivity contribution in [2.45, 2.75) is 39.3 Å². The Kier molecular flexibility index (Phi) is 6.74. The van der Waals surface area contributed by atoms with Crippen LogP contribution in [-0.2, 0) is 6.61 Å². The normalized spacial score (nSPS) is 12.3. The van der Waals surface area contributed by atoms with E-state index in [1.54, 1.807) is 11.3 Å². The fraction of sp³-hybridized carbons (Fsp3) is 0.412. The number of ether oxygens (including phenoxy) is 1. The molecule has 0 aliphatic heterocycles. The molecule has 1 atom stereocenters. The van der Waals surface area contributed by atoms with Gasteiger partial charge in [0.2, 0.25) is 0 Å². The number of para-hydroxylation sites is 1. The second-order valence-corrected chi connectivity index (χ2v) is 6.79. The van der Waals surface area contributed by atoms with E-state index in [2.05, 4.69) is 64.7 Å². The maximum atomic E-state index is 6.07. The molecule has 1 N–H and O–H groups in total. The lowest BCUT2D eigenvalue weighted by Gasteiger charge is -2.20. The number of hydrogen-bond acceptors (Lipinski definition) is 3. The summed E-state index contributed by atoms with van der Waals surface area (Å²) in [5, 5.41) is 5.67. The van der Waals surface area contributed by atoms with Crippen LogP contribution in [0.5, 0.6) is 5.75 Å². The number of nitrogens with one attached hydrogen (secondary N) is 1. The Balaban J connectivity index is 2.10. The monoisotopic (exact) mass is 367 g/mol. The average Bonchev–Trinajstić information content (AvgIpc) is 2.92. The number of thiophene rings is 1. The van der Waals surface area contributed by atoms with Gasteiger partial charge in [-0.15, -0.1) is 11.3 Å². The molecule has 2 nitrogen and oxygen atoms in total. The number of benzene rings is 1. The van der Waals surface area contributed by atoms with Crippen LogP contribution in [0.2, 0.25) is 0 Å². The lowest BCUT2D eigenvalue weighted by atomic mass is 10.0. The van der Waals surface area contributed by atoms with Crippen LogP contribution in [-0.4, -0.2) is 6.54 Å². The Labute approximate surface area is 139 Å². The van der Waals surface area contributed by atoms with Gasteiger partial charge in [0, 0.05) is 16.1 Å². The molecule has 114 valence electrons. The number of rotatable bonds is 8. The summed E-state index contributed by atoms with van der Waals surface area (Å²) in [6.07, 6.45) is 2.20. The van der Waals surface area contributed by atoms with E-state index in [1.165, 1.54) is 10.4 Å². The van der Waals surface area contributed by atoms with Crippen LogP contribution in [0.1, 0.15) is 43.2 Å². The molecular formula is C17H22BrNOS. The summed E-state index contributed by atoms with van der Waals surface area (Å²) in [6.45, 7) is 6.04. The summed E-state index contributed by atoms with van der Waals surface area (Å²) < 4.78 is 7.19. The molecule has 0 radical (unpaired) electrons. The molecule has 0 amide bonds. The number of hydrogen-bond donors (Lipinski definition) is 1. The molecule has 0 bridgehead atoms. The molecule has 0 aliphatic rings. The Hall–Kier alpha value is -0.840. The van der Waals surface area contributed by atoms with E-state index in [4.69, 9.17) is 4.74 Å². The minimum atomic E-state index is 0.355. The summed E-state index contributed by atoms with van der Waals surface area (Å²) in [7, 11) is 0. The molecule has 0 saturated heterocycles. The minimum absolute atomic E-state index is 0.355. The smallest absolute Gasteiger partial charge is 0.124 e. The molecule has 0 aliphatic carbocycles. The molecular weight excluding hydrogens is 346 g/mol. The quantitative estimate of drug-likeness (QED) is 0.661. The fourth-order valence-corrected chi connectivity index (χ4v) is 3.64. The Morgan fingerprint density at radius 1 is 1.24 bits per heavy atom. The highest BCUT2D eigenvalue weighted by Gasteiger charge is 2.14. The summed E-state index contributed by atoms with van der Waals surface area (Å²) in [5.74, 6) is 0.980. The van der Waals surface area contributed by atoms with E-state index in [1.807, 2.05) is 6.07 Å². The third-order valence-electron chi connectivity index (χ3n) is 3.39. The summed E-state index contributed by atoms with van der Waals surface area (Å²) in [5.41, 5.74) is 1.25. The van der Waals surface area contributed by atoms with Crippen LogP contribution in [0.25, 0.3) is 0 Å². The molecule has 0 spiro atoms. The third-order valence-corrected chi connectivity index (χ3v) is 5.29. The molecule has 1 heterocycles. The maximum Gasteiger partial charge on any atom is 0.124 e. The van der Waals surface area contributed by atoms with E-state index in [0.717, 1.165) is 29.6 Å². The molecule has 1 aromatic carbocycles. The Bertz CT molecular complexity index is 555. The first-order valence-electron chi connectivity index (χ1n) is 7.43. The lowest BCUT2D eigenvalue weighted by molar-refractivity contribution is 0.301. The van der Waals surface area contributed by atoms with Crippen molar-refractivity contribution in [2.24, 2.45) is 0 Å². The zero-order valence-electron chi connectivity index (χ0n) is 12.6. The van der Waals surface area contributed by atoms with E-state index in [-0.39, 0.29) is 0 Å². The van der Waals surface area contributed by atoms with Gasteiger partial charge in [0.25, 0.3) is 0 Å². The van der Waals surface area contributed by atoms with Crippen LogP contribution in [0, 0.1) is 0 Å². The molecule has 4 heteroatoms. The molecule has 2 aromatic rings. The van der Waals surface area contributed by atoms with Gasteiger partial charge in [0.15, 0.2) is 0 Å². The van der Waals surface area contributed by atoms with E-state index in [0.29, 0.717) is 12.6 Å². The van der Waals surface area contributed by atoms with Crippen molar-refractivity contribution in [3.8, 4) is 5.75 Å². The van der Waals surface area contributed by atoms with Crippen molar-refractivity contribution >= 4 is 27.3 Å². The first-order chi connectivity index (χ1) is 10.3. The second kappa shape index (κ2) is 8.57. The van der Waals surface area contributed by atoms with Gasteiger partial charge in [-0.3, -0.25) is 0 Å². The van der Waals surface area contributed by atoms with E-state index in [9.17, 15) is 0 Å². The maximum absolute atomic E-state index is 6.07. The van der Waals surface area contributed by atoms with Crippen molar-refractivity contribution in [3.05, 3.63) is 50.6 Å². The van der Waals surface area contributed by atoms with Gasteiger partial charge in [0.05, 0.1) is 4.88 Å². The summed E-state index contributed by atoms with van der Waals surface area (Å²) >= 11 is 5.27. The van der Waals surface area contributed by atoms with Crippen LogP contribution in [0.3, 0.4) is 0 Å². The van der Waals surface area contributed by atoms with Crippen molar-refractivity contribution in [3.63, 3.8) is 0 Å². The van der Waals surface area contributed by atoms with Gasteiger partial charge in [-0.1, -0.05) is 32.0 Å². The topological polar surface area (TPSA) is 21.3 Å². The molecule has 1 unspecified atom stereocenters. The van der Waals surface area contributed by atoms with Crippen molar-refractivity contribution in [2.75, 3.05) is 6.54 Å². The van der Waals surface area contributed by atoms with Crippen LogP contribution in [0.4, 0.5) is 0 Å².